The largest absolute Gasteiger partial charge is 0.497 e. The topological polar surface area (TPSA) is 92.8 Å². The minimum atomic E-state index is -3.72. The molecule has 0 atom stereocenters. The summed E-state index contributed by atoms with van der Waals surface area (Å²) in [5, 5.41) is 0. The predicted molar refractivity (Wildman–Crippen MR) is 99.2 cm³/mol. The number of sulfonamides is 2. The van der Waals surface area contributed by atoms with Crippen LogP contribution in [0.25, 0.3) is 0 Å². The second kappa shape index (κ2) is 8.17. The molecular weight excluding hydrogens is 376 g/mol. The van der Waals surface area contributed by atoms with Gasteiger partial charge in [0.05, 0.1) is 16.9 Å². The van der Waals surface area contributed by atoms with Gasteiger partial charge in [-0.25, -0.2) is 21.6 Å². The third-order valence-electron chi connectivity index (χ3n) is 3.82. The van der Waals surface area contributed by atoms with Crippen LogP contribution in [-0.4, -0.2) is 48.4 Å². The van der Waals surface area contributed by atoms with Crippen LogP contribution in [0.15, 0.2) is 58.3 Å². The lowest BCUT2D eigenvalue weighted by atomic mass is 10.2. The van der Waals surface area contributed by atoms with Gasteiger partial charge in [-0.2, -0.15) is 4.31 Å². The molecule has 0 saturated carbocycles. The van der Waals surface area contributed by atoms with Crippen molar-refractivity contribution in [3.63, 3.8) is 0 Å². The summed E-state index contributed by atoms with van der Waals surface area (Å²) in [6.07, 6.45) is 0. The molecule has 0 aromatic heterocycles. The molecule has 0 spiro atoms. The van der Waals surface area contributed by atoms with Crippen LogP contribution < -0.4 is 9.46 Å². The molecule has 1 N–H and O–H groups in total. The molecule has 0 bridgehead atoms. The fourth-order valence-electron chi connectivity index (χ4n) is 2.19. The number of hydrogen-bond acceptors (Lipinski definition) is 5. The van der Waals surface area contributed by atoms with Gasteiger partial charge in [0.15, 0.2) is 0 Å². The maximum atomic E-state index is 12.5. The highest BCUT2D eigenvalue weighted by molar-refractivity contribution is 7.89. The second-order valence-corrected chi connectivity index (χ2v) is 9.52. The number of ether oxygens (including phenoxy) is 1. The third kappa shape index (κ3) is 4.82. The lowest BCUT2D eigenvalue weighted by Gasteiger charge is -2.17. The summed E-state index contributed by atoms with van der Waals surface area (Å²) in [4.78, 5) is 0.256. The van der Waals surface area contributed by atoms with E-state index < -0.39 is 20.0 Å². The van der Waals surface area contributed by atoms with E-state index in [1.165, 1.54) is 38.4 Å². The zero-order valence-electron chi connectivity index (χ0n) is 14.8. The first-order valence-electron chi connectivity index (χ1n) is 7.83. The number of rotatable bonds is 8. The van der Waals surface area contributed by atoms with Crippen LogP contribution in [0.4, 0.5) is 0 Å². The van der Waals surface area contributed by atoms with E-state index in [1.54, 1.807) is 24.3 Å². The van der Waals surface area contributed by atoms with Crippen LogP contribution in [0.2, 0.25) is 0 Å². The highest BCUT2D eigenvalue weighted by Gasteiger charge is 2.21. The van der Waals surface area contributed by atoms with Crippen LogP contribution in [-0.2, 0) is 20.0 Å². The number of benzene rings is 2. The average Bonchev–Trinajstić information content (AvgIpc) is 2.62. The molecule has 2 rings (SSSR count). The fourth-order valence-corrected chi connectivity index (χ4v) is 4.38. The lowest BCUT2D eigenvalue weighted by molar-refractivity contribution is 0.414. The number of nitrogens with zero attached hydrogens (tertiary/aromatic N) is 1. The van der Waals surface area contributed by atoms with Crippen LogP contribution in [0, 0.1) is 6.92 Å². The summed E-state index contributed by atoms with van der Waals surface area (Å²) in [5.41, 5.74) is 0.957. The minimum Gasteiger partial charge on any atom is -0.497 e. The standard InChI is InChI=1S/C17H22N2O5S2/c1-14-4-8-17(9-5-14)26(22,23)19(2)13-12-18-25(20,21)16-10-6-15(24-3)7-11-16/h4-11,18H,12-13H2,1-3H3. The number of nitrogens with one attached hydrogen (secondary N) is 1. The molecule has 142 valence electrons. The predicted octanol–water partition coefficient (Wildman–Crippen LogP) is 1.60. The summed E-state index contributed by atoms with van der Waals surface area (Å²) in [6.45, 7) is 1.83. The first-order valence-corrected chi connectivity index (χ1v) is 10.8. The molecule has 0 saturated heterocycles. The third-order valence-corrected chi connectivity index (χ3v) is 7.17. The molecule has 9 heteroatoms. The number of methoxy groups -OCH3 is 1. The molecule has 0 heterocycles. The van der Waals surface area contributed by atoms with Gasteiger partial charge in [-0.3, -0.25) is 0 Å². The van der Waals surface area contributed by atoms with E-state index in [1.807, 2.05) is 6.92 Å². The first-order chi connectivity index (χ1) is 12.2. The van der Waals surface area contributed by atoms with Crippen molar-refractivity contribution in [3.8, 4) is 5.75 Å². The monoisotopic (exact) mass is 398 g/mol. The lowest BCUT2D eigenvalue weighted by Crippen LogP contribution is -2.36. The minimum absolute atomic E-state index is 0.00555. The van der Waals surface area contributed by atoms with Gasteiger partial charge in [-0.05, 0) is 43.3 Å². The van der Waals surface area contributed by atoms with E-state index in [9.17, 15) is 16.8 Å². The molecule has 7 nitrogen and oxygen atoms in total. The van der Waals surface area contributed by atoms with Gasteiger partial charge in [0.25, 0.3) is 0 Å². The van der Waals surface area contributed by atoms with E-state index in [-0.39, 0.29) is 22.9 Å². The molecule has 26 heavy (non-hydrogen) atoms. The van der Waals surface area contributed by atoms with Crippen molar-refractivity contribution in [2.75, 3.05) is 27.2 Å². The smallest absolute Gasteiger partial charge is 0.242 e. The summed E-state index contributed by atoms with van der Waals surface area (Å²) < 4.78 is 58.0. The Bertz CT molecular complexity index is 938. The molecule has 0 aliphatic heterocycles. The van der Waals surface area contributed by atoms with Crippen molar-refractivity contribution < 1.29 is 21.6 Å². The average molecular weight is 399 g/mol. The molecule has 0 aliphatic carbocycles. The van der Waals surface area contributed by atoms with E-state index in [0.29, 0.717) is 5.75 Å². The van der Waals surface area contributed by atoms with Crippen LogP contribution in [0.1, 0.15) is 5.56 Å². The highest BCUT2D eigenvalue weighted by atomic mass is 32.2. The Balaban J connectivity index is 2.00. The molecule has 0 amide bonds. The van der Waals surface area contributed by atoms with Crippen LogP contribution in [0.5, 0.6) is 5.75 Å². The van der Waals surface area contributed by atoms with E-state index in [4.69, 9.17) is 4.74 Å². The molecule has 0 fully saturated rings. The summed E-state index contributed by atoms with van der Waals surface area (Å²) in [6, 6.07) is 12.4. The molecule has 0 unspecified atom stereocenters. The van der Waals surface area contributed by atoms with Crippen molar-refractivity contribution in [1.82, 2.24) is 9.03 Å². The second-order valence-electron chi connectivity index (χ2n) is 5.71. The fraction of sp³-hybridized carbons (Fsp3) is 0.294. The molecular formula is C17H22N2O5S2. The Hall–Kier alpha value is -1.94. The Morgan fingerprint density at radius 2 is 1.46 bits per heavy atom. The zero-order valence-corrected chi connectivity index (χ0v) is 16.5. The van der Waals surface area contributed by atoms with E-state index in [0.717, 1.165) is 9.87 Å². The zero-order chi connectivity index (χ0) is 19.4. The SMILES string of the molecule is COc1ccc(S(=O)(=O)NCCN(C)S(=O)(=O)c2ccc(C)cc2)cc1. The van der Waals surface area contributed by atoms with Gasteiger partial charge in [0.2, 0.25) is 20.0 Å². The maximum absolute atomic E-state index is 12.5. The number of hydrogen-bond donors (Lipinski definition) is 1. The molecule has 0 aliphatic rings. The van der Waals surface area contributed by atoms with Gasteiger partial charge in [-0.15, -0.1) is 0 Å². The van der Waals surface area contributed by atoms with Crippen molar-refractivity contribution in [2.24, 2.45) is 0 Å². The Kier molecular flexibility index (Phi) is 6.40. The van der Waals surface area contributed by atoms with Crippen molar-refractivity contribution >= 4 is 20.0 Å². The van der Waals surface area contributed by atoms with Gasteiger partial charge in [0.1, 0.15) is 5.75 Å². The first kappa shape index (κ1) is 20.4. The number of aryl methyl sites for hydroxylation is 1. The van der Waals surface area contributed by atoms with Crippen molar-refractivity contribution in [1.29, 1.82) is 0 Å². The Morgan fingerprint density at radius 1 is 0.923 bits per heavy atom. The van der Waals surface area contributed by atoms with Crippen molar-refractivity contribution in [2.45, 2.75) is 16.7 Å². The normalized spacial score (nSPS) is 12.3. The van der Waals surface area contributed by atoms with Crippen LogP contribution >= 0.6 is 0 Å². The Morgan fingerprint density at radius 3 is 2.00 bits per heavy atom. The van der Waals surface area contributed by atoms with Crippen LogP contribution in [0.3, 0.4) is 0 Å². The van der Waals surface area contributed by atoms with E-state index in [2.05, 4.69) is 4.72 Å². The van der Waals surface area contributed by atoms with Gasteiger partial charge < -0.3 is 4.74 Å². The molecule has 2 aromatic carbocycles. The summed E-state index contributed by atoms with van der Waals surface area (Å²) in [7, 11) is -4.48. The summed E-state index contributed by atoms with van der Waals surface area (Å²) in [5.74, 6) is 0.549. The highest BCUT2D eigenvalue weighted by Crippen LogP contribution is 2.16. The molecule has 2 aromatic rings. The van der Waals surface area contributed by atoms with E-state index >= 15 is 0 Å². The van der Waals surface area contributed by atoms with Gasteiger partial charge >= 0.3 is 0 Å². The van der Waals surface area contributed by atoms with Gasteiger partial charge in [0, 0.05) is 20.1 Å². The number of likely N-dealkylation sites (N-methyl/N-ethyl adjacent to an activating group) is 1. The van der Waals surface area contributed by atoms with Crippen molar-refractivity contribution in [3.05, 3.63) is 54.1 Å². The van der Waals surface area contributed by atoms with Gasteiger partial charge in [-0.1, -0.05) is 17.7 Å². The summed E-state index contributed by atoms with van der Waals surface area (Å²) >= 11 is 0. The molecule has 0 radical (unpaired) electrons. The quantitative estimate of drug-likeness (QED) is 0.729. The maximum Gasteiger partial charge on any atom is 0.242 e. The Labute approximate surface area is 154 Å².